The van der Waals surface area contributed by atoms with E-state index in [1.165, 1.54) is 43.1 Å². The van der Waals surface area contributed by atoms with Crippen LogP contribution in [-0.4, -0.2) is 33.0 Å². The van der Waals surface area contributed by atoms with E-state index in [4.69, 9.17) is 0 Å². The average Bonchev–Trinajstić information content (AvgIpc) is 2.84. The molecular formula is C24H32Br2N2O4Sn. The van der Waals surface area contributed by atoms with Crippen LogP contribution in [0.2, 0.25) is 8.87 Å². The second-order valence-electron chi connectivity index (χ2n) is 7.04. The zero-order valence-electron chi connectivity index (χ0n) is 19.2. The molecule has 0 unspecified atom stereocenters. The van der Waals surface area contributed by atoms with Gasteiger partial charge in [-0.05, 0) is 48.5 Å². The minimum atomic E-state index is -0.613. The monoisotopic (exact) mass is 690 g/mol. The van der Waals surface area contributed by atoms with Crippen LogP contribution in [0.4, 0.5) is 0 Å². The average molecular weight is 691 g/mol. The summed E-state index contributed by atoms with van der Waals surface area (Å²) >= 11 is 6.54. The van der Waals surface area contributed by atoms with Crippen molar-refractivity contribution < 1.29 is 9.59 Å². The first-order chi connectivity index (χ1) is 15.9. The number of carbonyl (C=O) groups is 2. The van der Waals surface area contributed by atoms with Crippen LogP contribution in [0.5, 0.6) is 0 Å². The molecule has 9 heteroatoms. The summed E-state index contributed by atoms with van der Waals surface area (Å²) in [6.45, 7) is 4.59. The van der Waals surface area contributed by atoms with Crippen molar-refractivity contribution >= 4 is 64.8 Å². The Kier molecular flexibility index (Phi) is 21.0. The van der Waals surface area contributed by atoms with E-state index in [9.17, 15) is 20.0 Å². The molecule has 0 saturated heterocycles. The fourth-order valence-corrected chi connectivity index (χ4v) is 6.82. The van der Waals surface area contributed by atoms with E-state index in [2.05, 4.69) is 45.7 Å². The van der Waals surface area contributed by atoms with Crippen molar-refractivity contribution in [2.24, 2.45) is 0 Å². The summed E-state index contributed by atoms with van der Waals surface area (Å²) in [5.41, 5.74) is 3.32. The van der Waals surface area contributed by atoms with Crippen LogP contribution < -0.4 is 11.0 Å². The third-order valence-electron chi connectivity index (χ3n) is 4.31. The molecule has 0 atom stereocenters. The van der Waals surface area contributed by atoms with Crippen molar-refractivity contribution in [2.75, 3.05) is 0 Å². The van der Waals surface area contributed by atoms with Crippen molar-refractivity contribution in [1.82, 2.24) is 11.0 Å². The number of hydrogen-bond donors (Lipinski definition) is 2. The SMILES string of the molecule is CCCCC[CH2][Sn+2][CH2]CCC.O=C(N[O-])c1ccc(Br)cc1.O=C(N[O-])c1ccc(Br)cc1. The quantitative estimate of drug-likeness (QED) is 0.156. The topological polar surface area (TPSA) is 104 Å². The van der Waals surface area contributed by atoms with Crippen LogP contribution in [0.25, 0.3) is 0 Å². The van der Waals surface area contributed by atoms with Gasteiger partial charge in [0.05, 0.1) is 0 Å². The van der Waals surface area contributed by atoms with E-state index >= 15 is 0 Å². The minimum absolute atomic E-state index is 0.127. The Balaban J connectivity index is 0.000000465. The zero-order chi connectivity index (χ0) is 24.9. The van der Waals surface area contributed by atoms with Gasteiger partial charge in [0, 0.05) is 20.1 Å². The fourth-order valence-electron chi connectivity index (χ4n) is 2.42. The maximum Gasteiger partial charge on any atom is 0.240 e. The summed E-state index contributed by atoms with van der Waals surface area (Å²) in [4.78, 5) is 21.4. The predicted octanol–water partition coefficient (Wildman–Crippen LogP) is 7.26. The van der Waals surface area contributed by atoms with E-state index in [1.54, 1.807) is 63.8 Å². The van der Waals surface area contributed by atoms with Gasteiger partial charge in [-0.2, -0.15) is 0 Å². The Hall–Kier alpha value is -0.941. The van der Waals surface area contributed by atoms with Gasteiger partial charge in [0.2, 0.25) is 11.8 Å². The minimum Gasteiger partial charge on any atom is -0.759 e. The number of hydrogen-bond acceptors (Lipinski definition) is 4. The molecule has 2 rings (SSSR count). The summed E-state index contributed by atoms with van der Waals surface area (Å²) in [5.74, 6) is -1.23. The molecule has 0 radical (unpaired) electrons. The van der Waals surface area contributed by atoms with Gasteiger partial charge >= 0.3 is 82.4 Å². The van der Waals surface area contributed by atoms with Crippen LogP contribution in [0.1, 0.15) is 73.1 Å². The summed E-state index contributed by atoms with van der Waals surface area (Å²) in [7, 11) is 0. The van der Waals surface area contributed by atoms with Crippen LogP contribution in [0.15, 0.2) is 57.5 Å². The summed E-state index contributed by atoms with van der Waals surface area (Å²) < 4.78 is 5.02. The molecule has 0 bridgehead atoms. The smallest absolute Gasteiger partial charge is 0.240 e. The normalized spacial score (nSPS) is 9.39. The molecule has 0 aliphatic carbocycles. The number of nitrogens with one attached hydrogen (secondary N) is 2. The van der Waals surface area contributed by atoms with Gasteiger partial charge in [-0.25, -0.2) is 0 Å². The zero-order valence-corrected chi connectivity index (χ0v) is 25.2. The Morgan fingerprint density at radius 1 is 0.697 bits per heavy atom. The molecule has 2 aromatic carbocycles. The Labute approximate surface area is 224 Å². The number of amides is 2. The van der Waals surface area contributed by atoms with E-state index in [1.807, 2.05) is 0 Å². The number of carbonyl (C=O) groups excluding carboxylic acids is 2. The van der Waals surface area contributed by atoms with Crippen LogP contribution in [0.3, 0.4) is 0 Å². The summed E-state index contributed by atoms with van der Waals surface area (Å²) in [5, 5.41) is 19.8. The third kappa shape index (κ3) is 17.2. The van der Waals surface area contributed by atoms with Crippen molar-refractivity contribution in [3.05, 3.63) is 79.0 Å². The van der Waals surface area contributed by atoms with Crippen molar-refractivity contribution in [1.29, 1.82) is 0 Å². The maximum atomic E-state index is 10.7. The molecule has 0 fully saturated rings. The number of benzene rings is 2. The van der Waals surface area contributed by atoms with E-state index in [-0.39, 0.29) is 21.1 Å². The van der Waals surface area contributed by atoms with Gasteiger partial charge in [0.25, 0.3) is 0 Å². The van der Waals surface area contributed by atoms with E-state index < -0.39 is 11.8 Å². The molecule has 2 aromatic rings. The van der Waals surface area contributed by atoms with Gasteiger partial charge in [0.15, 0.2) is 0 Å². The molecule has 2 amide bonds. The molecule has 2 N–H and O–H groups in total. The molecule has 180 valence electrons. The molecule has 0 aliphatic heterocycles. The van der Waals surface area contributed by atoms with Gasteiger partial charge in [-0.1, -0.05) is 31.9 Å². The first-order valence-electron chi connectivity index (χ1n) is 11.0. The van der Waals surface area contributed by atoms with Gasteiger partial charge in [-0.3, -0.25) is 9.59 Å². The Morgan fingerprint density at radius 2 is 1.09 bits per heavy atom. The van der Waals surface area contributed by atoms with Crippen molar-refractivity contribution in [3.8, 4) is 0 Å². The number of hydroxylamine groups is 2. The van der Waals surface area contributed by atoms with Crippen LogP contribution in [0, 0.1) is 10.4 Å². The second kappa shape index (κ2) is 21.6. The van der Waals surface area contributed by atoms with Crippen molar-refractivity contribution in [2.45, 2.75) is 61.2 Å². The van der Waals surface area contributed by atoms with Crippen molar-refractivity contribution in [3.63, 3.8) is 0 Å². The summed E-state index contributed by atoms with van der Waals surface area (Å²) in [6, 6.07) is 13.1. The number of rotatable bonds is 10. The standard InChI is InChI=1S/2C7H5BrNO2.C6H13.C4H9.Sn/c2*8-6-3-1-5(2-4-6)7(10)9-11;1-3-5-6-4-2;1-3-4-2;/h2*1-4H,(H-,9,10,11);1,3-6H2,2H3;1,3-4H2,2H3;/q2*-1;;;+2. The van der Waals surface area contributed by atoms with E-state index in [0.717, 1.165) is 8.95 Å². The first kappa shape index (κ1) is 32.1. The molecule has 0 saturated carbocycles. The fraction of sp³-hybridized carbons (Fsp3) is 0.417. The summed E-state index contributed by atoms with van der Waals surface area (Å²) in [6.07, 6.45) is 8.83. The molecule has 6 nitrogen and oxygen atoms in total. The second-order valence-corrected chi connectivity index (χ2v) is 13.2. The number of unbranched alkanes of at least 4 members (excludes halogenated alkanes) is 4. The maximum absolute atomic E-state index is 10.7. The predicted molar refractivity (Wildman–Crippen MR) is 144 cm³/mol. The molecule has 0 spiro atoms. The van der Waals surface area contributed by atoms with Crippen LogP contribution in [-0.2, 0) is 0 Å². The van der Waals surface area contributed by atoms with Gasteiger partial charge < -0.3 is 21.4 Å². The Bertz CT molecular complexity index is 710. The molecule has 33 heavy (non-hydrogen) atoms. The van der Waals surface area contributed by atoms with E-state index in [0.29, 0.717) is 11.1 Å². The van der Waals surface area contributed by atoms with Gasteiger partial charge in [0.1, 0.15) is 0 Å². The molecule has 0 aromatic heterocycles. The largest absolute Gasteiger partial charge is 0.759 e. The molecule has 0 aliphatic rings. The number of halogens is 2. The third-order valence-corrected chi connectivity index (χ3v) is 9.41. The molecular weight excluding hydrogens is 659 g/mol. The first-order valence-corrected chi connectivity index (χ1v) is 16.6. The van der Waals surface area contributed by atoms with Gasteiger partial charge in [-0.15, -0.1) is 0 Å². The van der Waals surface area contributed by atoms with Crippen LogP contribution >= 0.6 is 31.9 Å². The molecule has 0 heterocycles. The Morgan fingerprint density at radius 3 is 1.45 bits per heavy atom.